The molecule has 20 heavy (non-hydrogen) atoms. The molecule has 0 aliphatic heterocycles. The van der Waals surface area contributed by atoms with E-state index in [9.17, 15) is 0 Å². The lowest BCUT2D eigenvalue weighted by molar-refractivity contribution is 0.590. The number of aromatic nitrogens is 3. The average Bonchev–Trinajstić information content (AvgIpc) is 2.83. The van der Waals surface area contributed by atoms with E-state index in [4.69, 9.17) is 0 Å². The van der Waals surface area contributed by atoms with E-state index in [1.807, 2.05) is 29.6 Å². The summed E-state index contributed by atoms with van der Waals surface area (Å²) in [5.41, 5.74) is 4.52. The highest BCUT2D eigenvalue weighted by Crippen LogP contribution is 2.25. The number of aryl methyl sites for hydroxylation is 1. The van der Waals surface area contributed by atoms with E-state index in [2.05, 4.69) is 55.1 Å². The summed E-state index contributed by atoms with van der Waals surface area (Å²) in [6.07, 6.45) is 0. The summed E-state index contributed by atoms with van der Waals surface area (Å²) in [7, 11) is 0. The number of rotatable bonds is 1. The van der Waals surface area contributed by atoms with Crippen LogP contribution in [-0.4, -0.2) is 14.6 Å². The molecule has 102 valence electrons. The van der Waals surface area contributed by atoms with E-state index in [0.29, 0.717) is 0 Å². The normalized spacial score (nSPS) is 12.0. The molecule has 0 fully saturated rings. The van der Waals surface area contributed by atoms with Crippen LogP contribution in [-0.2, 0) is 5.41 Å². The van der Waals surface area contributed by atoms with E-state index >= 15 is 0 Å². The summed E-state index contributed by atoms with van der Waals surface area (Å²) in [5, 5.41) is 4.58. The van der Waals surface area contributed by atoms with Crippen LogP contribution in [0, 0.1) is 6.92 Å². The van der Waals surface area contributed by atoms with Crippen LogP contribution < -0.4 is 0 Å². The van der Waals surface area contributed by atoms with Crippen molar-refractivity contribution in [2.75, 3.05) is 0 Å². The predicted molar refractivity (Wildman–Crippen MR) is 81.9 cm³/mol. The minimum absolute atomic E-state index is 0.168. The van der Waals surface area contributed by atoms with Crippen molar-refractivity contribution in [1.82, 2.24) is 14.6 Å². The summed E-state index contributed by atoms with van der Waals surface area (Å²) >= 11 is 0. The van der Waals surface area contributed by atoms with Gasteiger partial charge >= 0.3 is 0 Å². The number of benzene rings is 1. The molecule has 0 spiro atoms. The van der Waals surface area contributed by atoms with Crippen molar-refractivity contribution in [3.8, 4) is 11.4 Å². The van der Waals surface area contributed by atoms with Gasteiger partial charge in [0.25, 0.3) is 0 Å². The van der Waals surface area contributed by atoms with Crippen molar-refractivity contribution in [2.45, 2.75) is 33.1 Å². The van der Waals surface area contributed by atoms with Crippen molar-refractivity contribution < 1.29 is 0 Å². The van der Waals surface area contributed by atoms with Crippen LogP contribution in [0.1, 0.15) is 32.0 Å². The van der Waals surface area contributed by atoms with Crippen LogP contribution in [0.5, 0.6) is 0 Å². The zero-order chi connectivity index (χ0) is 14.3. The Morgan fingerprint density at radius 1 is 0.950 bits per heavy atom. The molecule has 0 aliphatic rings. The Balaban J connectivity index is 2.05. The number of nitrogens with zero attached hydrogens (tertiary/aromatic N) is 3. The average molecular weight is 265 g/mol. The zero-order valence-corrected chi connectivity index (χ0v) is 12.4. The third-order valence-corrected chi connectivity index (χ3v) is 3.56. The summed E-state index contributed by atoms with van der Waals surface area (Å²) in [6, 6.07) is 14.5. The van der Waals surface area contributed by atoms with Gasteiger partial charge in [-0.25, -0.2) is 9.50 Å². The Kier molecular flexibility index (Phi) is 2.85. The zero-order valence-electron chi connectivity index (χ0n) is 12.4. The molecule has 0 radical (unpaired) electrons. The lowest BCUT2D eigenvalue weighted by Gasteiger charge is -2.18. The van der Waals surface area contributed by atoms with E-state index in [0.717, 1.165) is 22.7 Å². The van der Waals surface area contributed by atoms with Gasteiger partial charge in [0, 0.05) is 11.3 Å². The molecule has 0 saturated heterocycles. The van der Waals surface area contributed by atoms with E-state index in [1.54, 1.807) is 0 Å². The Hall–Kier alpha value is -2.16. The first kappa shape index (κ1) is 12.9. The van der Waals surface area contributed by atoms with Crippen molar-refractivity contribution in [2.24, 2.45) is 0 Å². The maximum absolute atomic E-state index is 4.59. The lowest BCUT2D eigenvalue weighted by atomic mass is 9.87. The van der Waals surface area contributed by atoms with Gasteiger partial charge in [-0.2, -0.15) is 0 Å². The Morgan fingerprint density at radius 3 is 2.25 bits per heavy atom. The predicted octanol–water partition coefficient (Wildman–Crippen LogP) is 4.00. The van der Waals surface area contributed by atoms with Crippen LogP contribution in [0.15, 0.2) is 42.5 Å². The second-order valence-corrected chi connectivity index (χ2v) is 6.20. The van der Waals surface area contributed by atoms with Crippen molar-refractivity contribution in [3.63, 3.8) is 0 Å². The van der Waals surface area contributed by atoms with Gasteiger partial charge in [-0.15, -0.1) is 5.10 Å². The van der Waals surface area contributed by atoms with Gasteiger partial charge in [-0.05, 0) is 30.0 Å². The maximum Gasteiger partial charge on any atom is 0.182 e. The van der Waals surface area contributed by atoms with Gasteiger partial charge in [-0.3, -0.25) is 0 Å². The lowest BCUT2D eigenvalue weighted by Crippen LogP contribution is -2.10. The van der Waals surface area contributed by atoms with E-state index in [1.165, 1.54) is 5.56 Å². The number of pyridine rings is 1. The Labute approximate surface area is 119 Å². The standard InChI is InChI=1S/C17H19N3/c1-12-6-5-7-15-18-16(19-20(12)15)13-8-10-14(11-9-13)17(2,3)4/h5-11H,1-4H3. The minimum atomic E-state index is 0.168. The van der Waals surface area contributed by atoms with Crippen LogP contribution in [0.25, 0.3) is 17.0 Å². The molecular formula is C17H19N3. The van der Waals surface area contributed by atoms with Crippen LogP contribution in [0.4, 0.5) is 0 Å². The fourth-order valence-electron chi connectivity index (χ4n) is 2.28. The second-order valence-electron chi connectivity index (χ2n) is 6.20. The van der Waals surface area contributed by atoms with Gasteiger partial charge in [0.1, 0.15) is 0 Å². The van der Waals surface area contributed by atoms with Crippen molar-refractivity contribution in [3.05, 3.63) is 53.7 Å². The second kappa shape index (κ2) is 4.44. The van der Waals surface area contributed by atoms with E-state index in [-0.39, 0.29) is 5.41 Å². The molecule has 1 aromatic carbocycles. The Morgan fingerprint density at radius 2 is 1.65 bits per heavy atom. The van der Waals surface area contributed by atoms with Gasteiger partial charge < -0.3 is 0 Å². The molecule has 0 unspecified atom stereocenters. The first-order valence-corrected chi connectivity index (χ1v) is 6.88. The highest BCUT2D eigenvalue weighted by molar-refractivity contribution is 5.59. The fourth-order valence-corrected chi connectivity index (χ4v) is 2.28. The largest absolute Gasteiger partial charge is 0.218 e. The van der Waals surface area contributed by atoms with Crippen LogP contribution in [0.3, 0.4) is 0 Å². The molecule has 3 heteroatoms. The maximum atomic E-state index is 4.59. The SMILES string of the molecule is Cc1cccc2nc(-c3ccc(C(C)(C)C)cc3)nn12. The van der Waals surface area contributed by atoms with Crippen molar-refractivity contribution in [1.29, 1.82) is 0 Å². The molecule has 2 heterocycles. The fraction of sp³-hybridized carbons (Fsp3) is 0.294. The molecule has 3 aromatic rings. The van der Waals surface area contributed by atoms with Crippen molar-refractivity contribution >= 4 is 5.65 Å². The number of fused-ring (bicyclic) bond motifs is 1. The molecular weight excluding hydrogens is 246 g/mol. The Bertz CT molecular complexity index is 746. The molecule has 0 saturated carbocycles. The summed E-state index contributed by atoms with van der Waals surface area (Å²) in [4.78, 5) is 4.59. The molecule has 2 aromatic heterocycles. The summed E-state index contributed by atoms with van der Waals surface area (Å²) in [6.45, 7) is 8.69. The van der Waals surface area contributed by atoms with Crippen LogP contribution in [0.2, 0.25) is 0 Å². The topological polar surface area (TPSA) is 30.2 Å². The molecule has 0 amide bonds. The van der Waals surface area contributed by atoms with Gasteiger partial charge in [0.05, 0.1) is 0 Å². The molecule has 0 atom stereocenters. The van der Waals surface area contributed by atoms with Crippen LogP contribution >= 0.6 is 0 Å². The first-order valence-electron chi connectivity index (χ1n) is 6.88. The summed E-state index contributed by atoms with van der Waals surface area (Å²) < 4.78 is 1.88. The number of hydrogen-bond donors (Lipinski definition) is 0. The smallest absolute Gasteiger partial charge is 0.182 e. The van der Waals surface area contributed by atoms with Gasteiger partial charge in [0.2, 0.25) is 0 Å². The third-order valence-electron chi connectivity index (χ3n) is 3.56. The van der Waals surface area contributed by atoms with Gasteiger partial charge in [-0.1, -0.05) is 51.1 Å². The highest BCUT2D eigenvalue weighted by atomic mass is 15.3. The minimum Gasteiger partial charge on any atom is -0.218 e. The number of hydrogen-bond acceptors (Lipinski definition) is 2. The summed E-state index contributed by atoms with van der Waals surface area (Å²) in [5.74, 6) is 0.778. The molecule has 3 nitrogen and oxygen atoms in total. The molecule has 0 N–H and O–H groups in total. The molecule has 0 aliphatic carbocycles. The monoisotopic (exact) mass is 265 g/mol. The quantitative estimate of drug-likeness (QED) is 0.665. The third kappa shape index (κ3) is 2.20. The van der Waals surface area contributed by atoms with E-state index < -0.39 is 0 Å². The first-order chi connectivity index (χ1) is 9.45. The molecule has 0 bridgehead atoms. The van der Waals surface area contributed by atoms with Gasteiger partial charge in [0.15, 0.2) is 11.5 Å². The highest BCUT2D eigenvalue weighted by Gasteiger charge is 2.14. The molecule has 3 rings (SSSR count).